The largest absolute Gasteiger partial charge is 0.346 e. The van der Waals surface area contributed by atoms with E-state index in [1.165, 1.54) is 0 Å². The molecule has 0 fully saturated rings. The fraction of sp³-hybridized carbons (Fsp3) is 0.182. The Labute approximate surface area is 92.1 Å². The summed E-state index contributed by atoms with van der Waals surface area (Å²) in [6, 6.07) is 1.86. The number of aromatic nitrogens is 3. The standard InChI is InChI=1S/C11H10N4O/c1-15-6-8(4-14-15)7-2-9-10(12-3-7)5-13-11(9)16/h2-4,6H,5H2,1H3,(H,13,16). The maximum absolute atomic E-state index is 11.5. The van der Waals surface area contributed by atoms with Gasteiger partial charge in [0.1, 0.15) is 0 Å². The van der Waals surface area contributed by atoms with E-state index in [1.807, 2.05) is 19.3 Å². The molecule has 0 atom stereocenters. The Kier molecular flexibility index (Phi) is 1.80. The van der Waals surface area contributed by atoms with Gasteiger partial charge < -0.3 is 5.32 Å². The zero-order valence-electron chi connectivity index (χ0n) is 8.77. The van der Waals surface area contributed by atoms with Gasteiger partial charge in [0.25, 0.3) is 5.91 Å². The molecule has 16 heavy (non-hydrogen) atoms. The van der Waals surface area contributed by atoms with Crippen LogP contribution in [-0.2, 0) is 13.6 Å². The minimum atomic E-state index is -0.0479. The van der Waals surface area contributed by atoms with Gasteiger partial charge in [0.2, 0.25) is 0 Å². The Morgan fingerprint density at radius 3 is 3.00 bits per heavy atom. The fourth-order valence-corrected chi connectivity index (χ4v) is 1.82. The smallest absolute Gasteiger partial charge is 0.253 e. The van der Waals surface area contributed by atoms with Crippen LogP contribution in [0.5, 0.6) is 0 Å². The molecule has 0 bridgehead atoms. The number of aryl methyl sites for hydroxylation is 1. The van der Waals surface area contributed by atoms with Crippen molar-refractivity contribution in [2.75, 3.05) is 0 Å². The van der Waals surface area contributed by atoms with Crippen molar-refractivity contribution in [2.45, 2.75) is 6.54 Å². The second kappa shape index (κ2) is 3.16. The summed E-state index contributed by atoms with van der Waals surface area (Å²) in [5.41, 5.74) is 3.38. The van der Waals surface area contributed by atoms with Gasteiger partial charge >= 0.3 is 0 Å². The lowest BCUT2D eigenvalue weighted by Crippen LogP contribution is -2.12. The van der Waals surface area contributed by atoms with E-state index in [0.29, 0.717) is 12.1 Å². The number of carbonyl (C=O) groups excluding carboxylic acids is 1. The molecule has 1 aliphatic heterocycles. The summed E-state index contributed by atoms with van der Waals surface area (Å²) in [4.78, 5) is 15.8. The summed E-state index contributed by atoms with van der Waals surface area (Å²) in [7, 11) is 1.86. The molecule has 0 aliphatic carbocycles. The molecule has 0 saturated heterocycles. The molecule has 0 saturated carbocycles. The van der Waals surface area contributed by atoms with Crippen molar-refractivity contribution in [2.24, 2.45) is 7.05 Å². The van der Waals surface area contributed by atoms with Gasteiger partial charge in [0.15, 0.2) is 0 Å². The molecule has 0 unspecified atom stereocenters. The van der Waals surface area contributed by atoms with Gasteiger partial charge in [-0.2, -0.15) is 5.10 Å². The summed E-state index contributed by atoms with van der Waals surface area (Å²) in [6.07, 6.45) is 5.43. The molecule has 1 aliphatic rings. The van der Waals surface area contributed by atoms with Crippen LogP contribution in [0.4, 0.5) is 0 Å². The van der Waals surface area contributed by atoms with Gasteiger partial charge in [0, 0.05) is 30.6 Å². The third kappa shape index (κ3) is 1.29. The molecule has 2 aromatic rings. The van der Waals surface area contributed by atoms with E-state index in [-0.39, 0.29) is 5.91 Å². The van der Waals surface area contributed by atoms with Crippen LogP contribution in [0.3, 0.4) is 0 Å². The number of rotatable bonds is 1. The minimum absolute atomic E-state index is 0.0479. The van der Waals surface area contributed by atoms with Crippen LogP contribution < -0.4 is 5.32 Å². The summed E-state index contributed by atoms with van der Waals surface area (Å²) < 4.78 is 1.72. The van der Waals surface area contributed by atoms with Crippen LogP contribution in [-0.4, -0.2) is 20.7 Å². The maximum Gasteiger partial charge on any atom is 0.253 e. The van der Waals surface area contributed by atoms with E-state index < -0.39 is 0 Å². The van der Waals surface area contributed by atoms with Crippen LogP contribution in [0.2, 0.25) is 0 Å². The first-order valence-electron chi connectivity index (χ1n) is 5.00. The minimum Gasteiger partial charge on any atom is -0.346 e. The van der Waals surface area contributed by atoms with Crippen LogP contribution in [0.1, 0.15) is 16.1 Å². The third-order valence-electron chi connectivity index (χ3n) is 2.67. The first kappa shape index (κ1) is 9.08. The van der Waals surface area contributed by atoms with Gasteiger partial charge in [0.05, 0.1) is 24.0 Å². The number of amides is 1. The monoisotopic (exact) mass is 214 g/mol. The number of hydrogen-bond acceptors (Lipinski definition) is 3. The fourth-order valence-electron chi connectivity index (χ4n) is 1.82. The molecule has 1 amide bonds. The molecule has 5 nitrogen and oxygen atoms in total. The SMILES string of the molecule is Cn1cc(-c2cnc3c(c2)C(=O)NC3)cn1. The van der Waals surface area contributed by atoms with E-state index >= 15 is 0 Å². The Bertz CT molecular complexity index is 573. The molecule has 5 heteroatoms. The third-order valence-corrected chi connectivity index (χ3v) is 2.67. The van der Waals surface area contributed by atoms with E-state index in [0.717, 1.165) is 16.8 Å². The molecule has 1 N–H and O–H groups in total. The van der Waals surface area contributed by atoms with E-state index in [1.54, 1.807) is 17.1 Å². The van der Waals surface area contributed by atoms with Crippen LogP contribution in [0, 0.1) is 0 Å². The van der Waals surface area contributed by atoms with Crippen molar-refractivity contribution >= 4 is 5.91 Å². The summed E-state index contributed by atoms with van der Waals surface area (Å²) in [6.45, 7) is 0.529. The molecular formula is C11H10N4O. The molecule has 80 valence electrons. The Morgan fingerprint density at radius 1 is 1.38 bits per heavy atom. The highest BCUT2D eigenvalue weighted by atomic mass is 16.1. The predicted molar refractivity (Wildman–Crippen MR) is 57.6 cm³/mol. The zero-order valence-corrected chi connectivity index (χ0v) is 8.77. The van der Waals surface area contributed by atoms with Crippen LogP contribution in [0.25, 0.3) is 11.1 Å². The first-order valence-corrected chi connectivity index (χ1v) is 5.00. The van der Waals surface area contributed by atoms with Crippen molar-refractivity contribution in [1.82, 2.24) is 20.1 Å². The topological polar surface area (TPSA) is 59.8 Å². The van der Waals surface area contributed by atoms with Gasteiger partial charge in [-0.05, 0) is 6.07 Å². The lowest BCUT2D eigenvalue weighted by molar-refractivity contribution is 0.0966. The number of carbonyl (C=O) groups is 1. The van der Waals surface area contributed by atoms with Gasteiger partial charge in [-0.3, -0.25) is 14.5 Å². The molecule has 3 heterocycles. The molecule has 0 radical (unpaired) electrons. The molecule has 3 rings (SSSR count). The molecule has 0 aromatic carbocycles. The van der Waals surface area contributed by atoms with Gasteiger partial charge in [-0.25, -0.2) is 0 Å². The highest BCUT2D eigenvalue weighted by Gasteiger charge is 2.20. The Balaban J connectivity index is 2.10. The van der Waals surface area contributed by atoms with Crippen LogP contribution >= 0.6 is 0 Å². The number of hydrogen-bond donors (Lipinski definition) is 1. The lowest BCUT2D eigenvalue weighted by atomic mass is 10.1. The van der Waals surface area contributed by atoms with Crippen molar-refractivity contribution < 1.29 is 4.79 Å². The van der Waals surface area contributed by atoms with Crippen molar-refractivity contribution in [3.05, 3.63) is 35.9 Å². The summed E-state index contributed by atoms with van der Waals surface area (Å²) in [5, 5.41) is 6.84. The molecule has 2 aromatic heterocycles. The Hall–Kier alpha value is -2.17. The number of nitrogens with zero attached hydrogens (tertiary/aromatic N) is 3. The number of pyridine rings is 1. The first-order chi connectivity index (χ1) is 7.74. The van der Waals surface area contributed by atoms with E-state index in [9.17, 15) is 4.79 Å². The van der Waals surface area contributed by atoms with Crippen molar-refractivity contribution in [3.63, 3.8) is 0 Å². The Morgan fingerprint density at radius 2 is 2.25 bits per heavy atom. The predicted octanol–water partition coefficient (Wildman–Crippen LogP) is 0.725. The quantitative estimate of drug-likeness (QED) is 0.761. The second-order valence-corrected chi connectivity index (χ2v) is 3.80. The summed E-state index contributed by atoms with van der Waals surface area (Å²) >= 11 is 0. The average molecular weight is 214 g/mol. The van der Waals surface area contributed by atoms with Crippen molar-refractivity contribution in [1.29, 1.82) is 0 Å². The van der Waals surface area contributed by atoms with Gasteiger partial charge in [-0.1, -0.05) is 0 Å². The lowest BCUT2D eigenvalue weighted by Gasteiger charge is -1.99. The normalized spacial score (nSPS) is 13.7. The second-order valence-electron chi connectivity index (χ2n) is 3.80. The summed E-state index contributed by atoms with van der Waals surface area (Å²) in [5.74, 6) is -0.0479. The highest BCUT2D eigenvalue weighted by molar-refractivity contribution is 5.98. The average Bonchev–Trinajstić information content (AvgIpc) is 2.86. The highest BCUT2D eigenvalue weighted by Crippen LogP contribution is 2.22. The molecule has 0 spiro atoms. The number of fused-ring (bicyclic) bond motifs is 1. The number of nitrogens with one attached hydrogen (secondary N) is 1. The van der Waals surface area contributed by atoms with Gasteiger partial charge in [-0.15, -0.1) is 0 Å². The van der Waals surface area contributed by atoms with Crippen molar-refractivity contribution in [3.8, 4) is 11.1 Å². The molecular weight excluding hydrogens is 204 g/mol. The zero-order chi connectivity index (χ0) is 11.1. The van der Waals surface area contributed by atoms with E-state index in [2.05, 4.69) is 15.4 Å². The maximum atomic E-state index is 11.5. The van der Waals surface area contributed by atoms with E-state index in [4.69, 9.17) is 0 Å². The van der Waals surface area contributed by atoms with Crippen LogP contribution in [0.15, 0.2) is 24.7 Å².